The number of hydrogen-bond donors (Lipinski definition) is 1. The van der Waals surface area contributed by atoms with Gasteiger partial charge < -0.3 is 5.32 Å². The van der Waals surface area contributed by atoms with Crippen molar-refractivity contribution >= 4 is 0 Å². The molecule has 1 unspecified atom stereocenters. The third-order valence-corrected chi connectivity index (χ3v) is 2.79. The van der Waals surface area contributed by atoms with Crippen molar-refractivity contribution in [1.29, 1.82) is 0 Å². The summed E-state index contributed by atoms with van der Waals surface area (Å²) in [6, 6.07) is 0.638. The van der Waals surface area contributed by atoms with Crippen molar-refractivity contribution in [2.24, 2.45) is 0 Å². The average Bonchev–Trinajstić information content (AvgIpc) is 1.94. The fourth-order valence-corrected chi connectivity index (χ4v) is 1.87. The molecule has 0 amide bonds. The molecule has 0 saturated carbocycles. The van der Waals surface area contributed by atoms with Gasteiger partial charge in [-0.05, 0) is 53.6 Å². The summed E-state index contributed by atoms with van der Waals surface area (Å²) in [6.45, 7) is 12.8. The normalized spacial score (nSPS) is 28.2. The summed E-state index contributed by atoms with van der Waals surface area (Å²) in [6.07, 6.45) is 2.65. The highest BCUT2D eigenvalue weighted by atomic mass is 15.2. The van der Waals surface area contributed by atoms with Gasteiger partial charge in [-0.3, -0.25) is 4.90 Å². The van der Waals surface area contributed by atoms with Crippen molar-refractivity contribution < 1.29 is 0 Å². The standard InChI is InChI=1S/C11H24N2/c1-10-9-13(11(2,3)4)8-6-5-7-12-10/h10,12H,5-9H2,1-4H3. The summed E-state index contributed by atoms with van der Waals surface area (Å²) in [5.41, 5.74) is 0.327. The molecule has 1 N–H and O–H groups in total. The van der Waals surface area contributed by atoms with E-state index in [-0.39, 0.29) is 0 Å². The first-order chi connectivity index (χ1) is 6.00. The molecule has 0 bridgehead atoms. The van der Waals surface area contributed by atoms with Gasteiger partial charge in [-0.1, -0.05) is 0 Å². The van der Waals surface area contributed by atoms with Crippen LogP contribution in [-0.2, 0) is 0 Å². The Labute approximate surface area is 82.7 Å². The van der Waals surface area contributed by atoms with Crippen LogP contribution in [0.2, 0.25) is 0 Å². The Hall–Kier alpha value is -0.0800. The SMILES string of the molecule is CC1CN(C(C)(C)C)CCCCN1. The first kappa shape index (κ1) is 11.0. The number of nitrogens with one attached hydrogen (secondary N) is 1. The van der Waals surface area contributed by atoms with Crippen molar-refractivity contribution in [3.8, 4) is 0 Å². The molecule has 13 heavy (non-hydrogen) atoms. The van der Waals surface area contributed by atoms with E-state index in [9.17, 15) is 0 Å². The van der Waals surface area contributed by atoms with E-state index in [2.05, 4.69) is 37.9 Å². The van der Waals surface area contributed by atoms with E-state index in [0.29, 0.717) is 11.6 Å². The van der Waals surface area contributed by atoms with Crippen LogP contribution in [0.3, 0.4) is 0 Å². The molecule has 1 heterocycles. The molecule has 0 aliphatic carbocycles. The van der Waals surface area contributed by atoms with Crippen LogP contribution in [0.4, 0.5) is 0 Å². The Morgan fingerprint density at radius 1 is 1.23 bits per heavy atom. The molecular formula is C11H24N2. The zero-order chi connectivity index (χ0) is 9.90. The Morgan fingerprint density at radius 3 is 2.54 bits per heavy atom. The maximum atomic E-state index is 3.54. The molecule has 2 heteroatoms. The molecule has 0 spiro atoms. The quantitative estimate of drug-likeness (QED) is 0.618. The topological polar surface area (TPSA) is 15.3 Å². The van der Waals surface area contributed by atoms with E-state index in [1.807, 2.05) is 0 Å². The first-order valence-electron chi connectivity index (χ1n) is 5.48. The molecule has 0 aromatic heterocycles. The van der Waals surface area contributed by atoms with E-state index >= 15 is 0 Å². The van der Waals surface area contributed by atoms with E-state index in [1.54, 1.807) is 0 Å². The van der Waals surface area contributed by atoms with Gasteiger partial charge in [-0.25, -0.2) is 0 Å². The van der Waals surface area contributed by atoms with Crippen LogP contribution in [0.5, 0.6) is 0 Å². The van der Waals surface area contributed by atoms with Crippen LogP contribution in [0.1, 0.15) is 40.5 Å². The number of hydrogen-bond acceptors (Lipinski definition) is 2. The highest BCUT2D eigenvalue weighted by Gasteiger charge is 2.23. The lowest BCUT2D eigenvalue weighted by atomic mass is 10.0. The van der Waals surface area contributed by atoms with Gasteiger partial charge in [-0.2, -0.15) is 0 Å². The van der Waals surface area contributed by atoms with Crippen LogP contribution >= 0.6 is 0 Å². The molecule has 2 nitrogen and oxygen atoms in total. The van der Waals surface area contributed by atoms with Gasteiger partial charge >= 0.3 is 0 Å². The molecule has 1 atom stereocenters. The van der Waals surface area contributed by atoms with Crippen molar-refractivity contribution in [2.45, 2.75) is 52.1 Å². The van der Waals surface area contributed by atoms with Crippen molar-refractivity contribution in [3.63, 3.8) is 0 Å². The van der Waals surface area contributed by atoms with E-state index in [1.165, 1.54) is 32.5 Å². The summed E-state index contributed by atoms with van der Waals surface area (Å²) >= 11 is 0. The second-order valence-electron chi connectivity index (χ2n) is 5.18. The lowest BCUT2D eigenvalue weighted by Gasteiger charge is -2.39. The fourth-order valence-electron chi connectivity index (χ4n) is 1.87. The molecule has 1 fully saturated rings. The molecule has 1 aliphatic rings. The molecule has 1 rings (SSSR count). The summed E-state index contributed by atoms with van der Waals surface area (Å²) in [5.74, 6) is 0. The minimum Gasteiger partial charge on any atom is -0.313 e. The van der Waals surface area contributed by atoms with Gasteiger partial charge in [0.15, 0.2) is 0 Å². The van der Waals surface area contributed by atoms with Gasteiger partial charge in [0.05, 0.1) is 0 Å². The summed E-state index contributed by atoms with van der Waals surface area (Å²) in [4.78, 5) is 2.59. The number of rotatable bonds is 0. The Bertz CT molecular complexity index is 149. The minimum absolute atomic E-state index is 0.327. The maximum absolute atomic E-state index is 3.54. The van der Waals surface area contributed by atoms with E-state index in [4.69, 9.17) is 0 Å². The Balaban J connectivity index is 2.51. The van der Waals surface area contributed by atoms with Gasteiger partial charge in [-0.15, -0.1) is 0 Å². The predicted octanol–water partition coefficient (Wildman–Crippen LogP) is 1.86. The first-order valence-corrected chi connectivity index (χ1v) is 5.48. The van der Waals surface area contributed by atoms with Crippen molar-refractivity contribution in [2.75, 3.05) is 19.6 Å². The molecule has 0 aromatic carbocycles. The van der Waals surface area contributed by atoms with Gasteiger partial charge in [0, 0.05) is 18.1 Å². The van der Waals surface area contributed by atoms with E-state index in [0.717, 1.165) is 0 Å². The zero-order valence-electron chi connectivity index (χ0n) is 9.56. The lowest BCUT2D eigenvalue weighted by Crippen LogP contribution is -2.50. The highest BCUT2D eigenvalue weighted by molar-refractivity contribution is 4.81. The van der Waals surface area contributed by atoms with Gasteiger partial charge in [0.2, 0.25) is 0 Å². The molecule has 0 radical (unpaired) electrons. The van der Waals surface area contributed by atoms with E-state index < -0.39 is 0 Å². The fraction of sp³-hybridized carbons (Fsp3) is 1.00. The summed E-state index contributed by atoms with van der Waals surface area (Å²) in [5, 5.41) is 3.54. The second-order valence-corrected chi connectivity index (χ2v) is 5.18. The minimum atomic E-state index is 0.327. The highest BCUT2D eigenvalue weighted by Crippen LogP contribution is 2.15. The molecule has 1 saturated heterocycles. The molecule has 0 aromatic rings. The summed E-state index contributed by atoms with van der Waals surface area (Å²) in [7, 11) is 0. The molecule has 1 aliphatic heterocycles. The largest absolute Gasteiger partial charge is 0.313 e. The van der Waals surface area contributed by atoms with Crippen LogP contribution in [0, 0.1) is 0 Å². The van der Waals surface area contributed by atoms with Crippen LogP contribution in [0.15, 0.2) is 0 Å². The van der Waals surface area contributed by atoms with Crippen LogP contribution in [0.25, 0.3) is 0 Å². The lowest BCUT2D eigenvalue weighted by molar-refractivity contribution is 0.114. The smallest absolute Gasteiger partial charge is 0.0166 e. The predicted molar refractivity (Wildman–Crippen MR) is 58.0 cm³/mol. The van der Waals surface area contributed by atoms with Gasteiger partial charge in [0.1, 0.15) is 0 Å². The third kappa shape index (κ3) is 3.65. The monoisotopic (exact) mass is 184 g/mol. The molecular weight excluding hydrogens is 160 g/mol. The van der Waals surface area contributed by atoms with Crippen molar-refractivity contribution in [1.82, 2.24) is 10.2 Å². The zero-order valence-corrected chi connectivity index (χ0v) is 9.56. The molecule has 78 valence electrons. The summed E-state index contributed by atoms with van der Waals surface area (Å²) < 4.78 is 0. The second kappa shape index (κ2) is 4.43. The van der Waals surface area contributed by atoms with Crippen LogP contribution < -0.4 is 5.32 Å². The Morgan fingerprint density at radius 2 is 1.92 bits per heavy atom. The maximum Gasteiger partial charge on any atom is 0.0166 e. The van der Waals surface area contributed by atoms with Gasteiger partial charge in [0.25, 0.3) is 0 Å². The Kier molecular flexibility index (Phi) is 3.74. The number of nitrogens with zero attached hydrogens (tertiary/aromatic N) is 1. The van der Waals surface area contributed by atoms with Crippen LogP contribution in [-0.4, -0.2) is 36.1 Å². The average molecular weight is 184 g/mol. The third-order valence-electron chi connectivity index (χ3n) is 2.79. The van der Waals surface area contributed by atoms with Crippen molar-refractivity contribution in [3.05, 3.63) is 0 Å².